The summed E-state index contributed by atoms with van der Waals surface area (Å²) in [7, 11) is 0. The van der Waals surface area contributed by atoms with Gasteiger partial charge in [0.05, 0.1) is 0 Å². The van der Waals surface area contributed by atoms with Gasteiger partial charge in [-0.15, -0.1) is 12.0 Å². The van der Waals surface area contributed by atoms with Gasteiger partial charge in [-0.25, -0.2) is 0 Å². The third-order valence-corrected chi connectivity index (χ3v) is 1.74. The summed E-state index contributed by atoms with van der Waals surface area (Å²) in [6.45, 7) is -1.35. The molecular weight excluding hydrogens is 176 g/mol. The number of hydrogen-bond donors (Lipinski definition) is 0. The molecule has 0 saturated heterocycles. The summed E-state index contributed by atoms with van der Waals surface area (Å²) in [5.74, 6) is 0. The van der Waals surface area contributed by atoms with E-state index in [-0.39, 0.29) is 0 Å². The van der Waals surface area contributed by atoms with Crippen molar-refractivity contribution in [2.45, 2.75) is 6.42 Å². The molecule has 0 radical (unpaired) electrons. The van der Waals surface area contributed by atoms with Gasteiger partial charge in [-0.3, -0.25) is 0 Å². The molecule has 0 amide bonds. The minimum Gasteiger partial charge on any atom is -0.445 e. The topological polar surface area (TPSA) is 0 Å². The van der Waals surface area contributed by atoms with Crippen LogP contribution in [-0.2, 0) is 6.42 Å². The number of halogens is 3. The fraction of sp³-hybridized carbons (Fsp3) is 0.111. The monoisotopic (exact) mass is 185 g/mol. The second kappa shape index (κ2) is 3.68. The quantitative estimate of drug-likeness (QED) is 0.501. The molecule has 0 bridgehead atoms. The van der Waals surface area contributed by atoms with E-state index in [2.05, 4.69) is 6.58 Å². The van der Waals surface area contributed by atoms with Crippen LogP contribution < -0.4 is 5.46 Å². The molecule has 0 aliphatic carbocycles. The van der Waals surface area contributed by atoms with Crippen LogP contribution in [0.25, 0.3) is 0 Å². The van der Waals surface area contributed by atoms with Gasteiger partial charge in [-0.2, -0.15) is 0 Å². The molecule has 13 heavy (non-hydrogen) atoms. The Morgan fingerprint density at radius 2 is 1.69 bits per heavy atom. The highest BCUT2D eigenvalue weighted by Crippen LogP contribution is 2.09. The molecule has 0 nitrogen and oxygen atoms in total. The lowest BCUT2D eigenvalue weighted by Crippen LogP contribution is -2.33. The Labute approximate surface area is 75.1 Å². The van der Waals surface area contributed by atoms with E-state index >= 15 is 0 Å². The van der Waals surface area contributed by atoms with Crippen molar-refractivity contribution < 1.29 is 12.9 Å². The molecule has 0 saturated carbocycles. The average molecular weight is 185 g/mol. The average Bonchev–Trinajstić information content (AvgIpc) is 2.04. The minimum atomic E-state index is -4.86. The summed E-state index contributed by atoms with van der Waals surface area (Å²) in [6, 6.07) is 5.18. The van der Waals surface area contributed by atoms with E-state index in [1.165, 1.54) is 12.1 Å². The second-order valence-corrected chi connectivity index (χ2v) is 2.81. The van der Waals surface area contributed by atoms with Gasteiger partial charge in [0.15, 0.2) is 0 Å². The predicted molar refractivity (Wildman–Crippen MR) is 49.1 cm³/mol. The molecular formula is C9H9BF3-. The van der Waals surface area contributed by atoms with E-state index < -0.39 is 12.4 Å². The van der Waals surface area contributed by atoms with Crippen LogP contribution in [0, 0.1) is 0 Å². The van der Waals surface area contributed by atoms with Crippen LogP contribution in [0.4, 0.5) is 12.9 Å². The number of benzene rings is 1. The standard InChI is InChI=1S/C9H9BF3/c1-2-3-8-4-6-9(7-5-8)10(11,12)13/h2,4-7H,1,3H2/q-1. The smallest absolute Gasteiger partial charge is 0.445 e. The summed E-state index contributed by atoms with van der Waals surface area (Å²) >= 11 is 0. The van der Waals surface area contributed by atoms with Gasteiger partial charge >= 0.3 is 6.98 Å². The SMILES string of the molecule is C=CCc1ccc([B-](F)(F)F)cc1. The van der Waals surface area contributed by atoms with Gasteiger partial charge in [0, 0.05) is 0 Å². The van der Waals surface area contributed by atoms with Gasteiger partial charge in [-0.1, -0.05) is 30.3 Å². The fourth-order valence-electron chi connectivity index (χ4n) is 1.04. The molecule has 0 atom stereocenters. The number of rotatable bonds is 3. The number of allylic oxidation sites excluding steroid dienone is 1. The Kier molecular flexibility index (Phi) is 2.81. The Morgan fingerprint density at radius 3 is 2.08 bits per heavy atom. The van der Waals surface area contributed by atoms with Crippen molar-refractivity contribution in [1.29, 1.82) is 0 Å². The maximum absolute atomic E-state index is 12.1. The molecule has 70 valence electrons. The molecule has 1 rings (SSSR count). The van der Waals surface area contributed by atoms with E-state index in [1.807, 2.05) is 0 Å². The first kappa shape index (κ1) is 9.90. The van der Waals surface area contributed by atoms with Crippen LogP contribution in [0.3, 0.4) is 0 Å². The first-order chi connectivity index (χ1) is 6.04. The molecule has 0 aliphatic rings. The van der Waals surface area contributed by atoms with E-state index in [4.69, 9.17) is 0 Å². The minimum absolute atomic E-state index is 0.548. The van der Waals surface area contributed by atoms with E-state index in [0.29, 0.717) is 6.42 Å². The molecule has 0 aromatic heterocycles. The lowest BCUT2D eigenvalue weighted by atomic mass is 9.80. The van der Waals surface area contributed by atoms with E-state index in [1.54, 1.807) is 6.08 Å². The van der Waals surface area contributed by atoms with Crippen molar-refractivity contribution in [3.05, 3.63) is 42.5 Å². The first-order valence-corrected chi connectivity index (χ1v) is 3.93. The molecule has 0 N–H and O–H groups in total. The Hall–Kier alpha value is -1.19. The van der Waals surface area contributed by atoms with Crippen molar-refractivity contribution in [3.63, 3.8) is 0 Å². The summed E-state index contributed by atoms with van der Waals surface area (Å²) in [5.41, 5.74) is 0.298. The van der Waals surface area contributed by atoms with E-state index in [0.717, 1.165) is 17.7 Å². The van der Waals surface area contributed by atoms with Crippen LogP contribution in [0.15, 0.2) is 36.9 Å². The molecule has 0 heterocycles. The highest BCUT2D eigenvalue weighted by molar-refractivity contribution is 6.73. The summed E-state index contributed by atoms with van der Waals surface area (Å²) in [6.07, 6.45) is 2.26. The second-order valence-electron chi connectivity index (χ2n) is 2.81. The number of hydrogen-bond acceptors (Lipinski definition) is 0. The van der Waals surface area contributed by atoms with Crippen molar-refractivity contribution in [2.75, 3.05) is 0 Å². The highest BCUT2D eigenvalue weighted by Gasteiger charge is 2.24. The highest BCUT2D eigenvalue weighted by atomic mass is 19.4. The molecule has 1 aromatic rings. The largest absolute Gasteiger partial charge is 0.509 e. The van der Waals surface area contributed by atoms with Crippen molar-refractivity contribution >= 4 is 12.4 Å². The lowest BCUT2D eigenvalue weighted by Gasteiger charge is -2.14. The predicted octanol–water partition coefficient (Wildman–Crippen LogP) is 2.47. The van der Waals surface area contributed by atoms with Gasteiger partial charge in [0.1, 0.15) is 0 Å². The molecule has 0 fully saturated rings. The van der Waals surface area contributed by atoms with Crippen LogP contribution >= 0.6 is 0 Å². The lowest BCUT2D eigenvalue weighted by molar-refractivity contribution is 0.501. The van der Waals surface area contributed by atoms with E-state index in [9.17, 15) is 12.9 Å². The Balaban J connectivity index is 2.87. The summed E-state index contributed by atoms with van der Waals surface area (Å²) in [5, 5.41) is 0. The zero-order valence-corrected chi connectivity index (χ0v) is 7.01. The molecule has 0 aliphatic heterocycles. The van der Waals surface area contributed by atoms with Crippen molar-refractivity contribution in [2.24, 2.45) is 0 Å². The van der Waals surface area contributed by atoms with Crippen LogP contribution in [0.5, 0.6) is 0 Å². The van der Waals surface area contributed by atoms with Gasteiger partial charge < -0.3 is 12.9 Å². The maximum atomic E-state index is 12.1. The molecule has 1 aromatic carbocycles. The molecule has 4 heteroatoms. The Morgan fingerprint density at radius 1 is 1.15 bits per heavy atom. The zero-order valence-electron chi connectivity index (χ0n) is 7.01. The molecule has 0 unspecified atom stereocenters. The van der Waals surface area contributed by atoms with Crippen LogP contribution in [0.2, 0.25) is 0 Å². The summed E-state index contributed by atoms with van der Waals surface area (Å²) < 4.78 is 36.4. The maximum Gasteiger partial charge on any atom is 0.509 e. The Bertz CT molecular complexity index is 287. The normalized spacial score (nSPS) is 11.3. The zero-order chi connectivity index (χ0) is 9.90. The van der Waals surface area contributed by atoms with Gasteiger partial charge in [0.2, 0.25) is 0 Å². The van der Waals surface area contributed by atoms with Crippen molar-refractivity contribution in [1.82, 2.24) is 0 Å². The van der Waals surface area contributed by atoms with Crippen LogP contribution in [0.1, 0.15) is 5.56 Å². The first-order valence-electron chi connectivity index (χ1n) is 3.93. The fourth-order valence-corrected chi connectivity index (χ4v) is 1.04. The van der Waals surface area contributed by atoms with Gasteiger partial charge in [0.25, 0.3) is 0 Å². The molecule has 0 spiro atoms. The van der Waals surface area contributed by atoms with Crippen molar-refractivity contribution in [3.8, 4) is 0 Å². The third kappa shape index (κ3) is 2.65. The third-order valence-electron chi connectivity index (χ3n) is 1.74. The summed E-state index contributed by atoms with van der Waals surface area (Å²) in [4.78, 5) is 0. The van der Waals surface area contributed by atoms with Crippen LogP contribution in [-0.4, -0.2) is 6.98 Å². The van der Waals surface area contributed by atoms with Gasteiger partial charge in [-0.05, 0) is 12.0 Å².